The highest BCUT2D eigenvalue weighted by Crippen LogP contribution is 2.50. The molecule has 1 aliphatic heterocycles. The van der Waals surface area contributed by atoms with Gasteiger partial charge in [0.1, 0.15) is 0 Å². The Morgan fingerprint density at radius 3 is 2.68 bits per heavy atom. The van der Waals surface area contributed by atoms with Crippen molar-refractivity contribution in [3.05, 3.63) is 29.6 Å². The average Bonchev–Trinajstić information content (AvgIpc) is 2.94. The molecule has 7 nitrogen and oxygen atoms in total. The Labute approximate surface area is 130 Å². The molecule has 1 aliphatic carbocycles. The highest BCUT2D eigenvalue weighted by atomic mass is 32.2. The molecular weight excluding hydrogens is 304 g/mol. The third-order valence-corrected chi connectivity index (χ3v) is 6.12. The van der Waals surface area contributed by atoms with E-state index in [0.29, 0.717) is 11.6 Å². The summed E-state index contributed by atoms with van der Waals surface area (Å²) in [5.74, 6) is 0.522. The molecule has 1 aromatic rings. The third kappa shape index (κ3) is 2.05. The minimum absolute atomic E-state index is 0.0746. The Morgan fingerprint density at radius 2 is 2.18 bits per heavy atom. The molecule has 2 aliphatic rings. The predicted molar refractivity (Wildman–Crippen MR) is 82.6 cm³/mol. The Kier molecular flexibility index (Phi) is 3.50. The van der Waals surface area contributed by atoms with Gasteiger partial charge in [0.05, 0.1) is 24.1 Å². The molecule has 0 radical (unpaired) electrons. The summed E-state index contributed by atoms with van der Waals surface area (Å²) in [4.78, 5) is 4.35. The minimum Gasteiger partial charge on any atom is -0.373 e. The van der Waals surface area contributed by atoms with E-state index >= 15 is 0 Å². The number of hydrogen-bond acceptors (Lipinski definition) is 6. The summed E-state index contributed by atoms with van der Waals surface area (Å²) < 4.78 is 28.8. The predicted octanol–water partition coefficient (Wildman–Crippen LogP) is 0.426. The molecule has 1 saturated carbocycles. The van der Waals surface area contributed by atoms with Crippen LogP contribution in [-0.4, -0.2) is 33.3 Å². The van der Waals surface area contributed by atoms with Crippen molar-refractivity contribution in [2.75, 3.05) is 13.7 Å². The number of nitrogens with zero attached hydrogens (tertiary/aromatic N) is 2. The van der Waals surface area contributed by atoms with Gasteiger partial charge >= 0.3 is 0 Å². The number of sulfonamides is 1. The summed E-state index contributed by atoms with van der Waals surface area (Å²) in [6.07, 6.45) is 4.56. The topological polar surface area (TPSA) is 107 Å². The number of primary sulfonamides is 1. The van der Waals surface area contributed by atoms with Crippen molar-refractivity contribution in [1.29, 1.82) is 0 Å². The van der Waals surface area contributed by atoms with Crippen LogP contribution in [0, 0.1) is 5.92 Å². The van der Waals surface area contributed by atoms with Crippen LogP contribution in [0.2, 0.25) is 0 Å². The van der Waals surface area contributed by atoms with Crippen molar-refractivity contribution >= 4 is 16.2 Å². The molecule has 1 fully saturated rings. The molecule has 0 bridgehead atoms. The zero-order valence-corrected chi connectivity index (χ0v) is 13.4. The number of hydrogen-bond donors (Lipinski definition) is 2. The number of pyridine rings is 1. The molecule has 0 spiro atoms. The smallest absolute Gasteiger partial charge is 0.227 e. The number of nitrogens with two attached hydrogens (primary N) is 1. The lowest BCUT2D eigenvalue weighted by Gasteiger charge is -2.47. The van der Waals surface area contributed by atoms with Crippen molar-refractivity contribution in [2.45, 2.75) is 30.1 Å². The van der Waals surface area contributed by atoms with E-state index in [1.807, 2.05) is 6.07 Å². The van der Waals surface area contributed by atoms with Crippen molar-refractivity contribution in [1.82, 2.24) is 10.4 Å². The Balaban J connectivity index is 2.19. The van der Waals surface area contributed by atoms with Crippen molar-refractivity contribution < 1.29 is 13.2 Å². The number of aromatic nitrogens is 1. The van der Waals surface area contributed by atoms with E-state index in [-0.39, 0.29) is 6.54 Å². The van der Waals surface area contributed by atoms with E-state index in [4.69, 9.17) is 9.88 Å². The van der Waals surface area contributed by atoms with Gasteiger partial charge in [-0.25, -0.2) is 13.6 Å². The van der Waals surface area contributed by atoms with Crippen LogP contribution in [0.4, 0.5) is 0 Å². The van der Waals surface area contributed by atoms with Gasteiger partial charge in [-0.1, -0.05) is 13.0 Å². The van der Waals surface area contributed by atoms with Gasteiger partial charge in [-0.05, 0) is 24.8 Å². The second kappa shape index (κ2) is 5.00. The Hall–Kier alpha value is -1.51. The minimum atomic E-state index is -3.94. The van der Waals surface area contributed by atoms with E-state index in [1.165, 1.54) is 6.21 Å². The lowest BCUT2D eigenvalue weighted by atomic mass is 9.67. The third-order valence-electron chi connectivity index (χ3n) is 4.66. The molecule has 120 valence electrons. The monoisotopic (exact) mass is 324 g/mol. The van der Waals surface area contributed by atoms with Crippen LogP contribution < -0.4 is 10.6 Å². The number of hydrazone groups is 1. The summed E-state index contributed by atoms with van der Waals surface area (Å²) in [6.45, 7) is 2.21. The molecule has 2 heterocycles. The van der Waals surface area contributed by atoms with Crippen LogP contribution in [0.1, 0.15) is 31.0 Å². The lowest BCUT2D eigenvalue weighted by molar-refractivity contribution is -0.108. The number of nitrogens with one attached hydrogen (secondary N) is 1. The van der Waals surface area contributed by atoms with Crippen LogP contribution >= 0.6 is 0 Å². The fourth-order valence-corrected chi connectivity index (χ4v) is 4.38. The summed E-state index contributed by atoms with van der Waals surface area (Å²) >= 11 is 0. The average molecular weight is 324 g/mol. The molecular formula is C14H20N4O3S. The fourth-order valence-electron chi connectivity index (χ4n) is 3.49. The van der Waals surface area contributed by atoms with E-state index in [9.17, 15) is 8.42 Å². The van der Waals surface area contributed by atoms with Gasteiger partial charge in [0, 0.05) is 18.9 Å². The highest BCUT2D eigenvalue weighted by molar-refractivity contribution is 7.90. The van der Waals surface area contributed by atoms with Crippen molar-refractivity contribution in [3.8, 4) is 0 Å². The Bertz CT molecular complexity index is 713. The quantitative estimate of drug-likeness (QED) is 0.835. The van der Waals surface area contributed by atoms with Crippen LogP contribution in [0.15, 0.2) is 23.4 Å². The fraction of sp³-hybridized carbons (Fsp3) is 0.571. The maximum Gasteiger partial charge on any atom is 0.227 e. The molecule has 1 atom stereocenters. The van der Waals surface area contributed by atoms with E-state index in [0.717, 1.165) is 18.4 Å². The molecule has 3 rings (SSSR count). The van der Waals surface area contributed by atoms with Gasteiger partial charge in [0.2, 0.25) is 10.0 Å². The zero-order valence-electron chi connectivity index (χ0n) is 12.6. The van der Waals surface area contributed by atoms with Gasteiger partial charge < -0.3 is 10.2 Å². The first-order chi connectivity index (χ1) is 10.3. The molecule has 1 unspecified atom stereocenters. The van der Waals surface area contributed by atoms with Crippen LogP contribution in [0.25, 0.3) is 0 Å². The summed E-state index contributed by atoms with van der Waals surface area (Å²) in [5, 5.41) is 9.38. The van der Waals surface area contributed by atoms with Crippen LogP contribution in [0.5, 0.6) is 0 Å². The highest BCUT2D eigenvalue weighted by Gasteiger charge is 2.53. The van der Waals surface area contributed by atoms with Gasteiger partial charge in [-0.3, -0.25) is 4.98 Å². The summed E-state index contributed by atoms with van der Waals surface area (Å²) in [5.41, 5.74) is 3.37. The molecule has 0 aromatic carbocycles. The van der Waals surface area contributed by atoms with Crippen molar-refractivity contribution in [2.24, 2.45) is 16.2 Å². The number of rotatable bonds is 4. The zero-order chi connectivity index (χ0) is 16.0. The summed E-state index contributed by atoms with van der Waals surface area (Å²) in [7, 11) is -2.29. The van der Waals surface area contributed by atoms with Gasteiger partial charge in [0.15, 0.2) is 4.75 Å². The molecule has 3 N–H and O–H groups in total. The molecule has 0 amide bonds. The van der Waals surface area contributed by atoms with Crippen molar-refractivity contribution in [3.63, 3.8) is 0 Å². The van der Waals surface area contributed by atoms with Gasteiger partial charge in [-0.2, -0.15) is 5.10 Å². The first kappa shape index (κ1) is 15.4. The molecule has 22 heavy (non-hydrogen) atoms. The first-order valence-corrected chi connectivity index (χ1v) is 8.70. The second-order valence-corrected chi connectivity index (χ2v) is 7.96. The molecule has 0 saturated heterocycles. The Morgan fingerprint density at radius 1 is 1.45 bits per heavy atom. The van der Waals surface area contributed by atoms with E-state index < -0.39 is 20.4 Å². The van der Waals surface area contributed by atoms with E-state index in [1.54, 1.807) is 19.4 Å². The van der Waals surface area contributed by atoms with Gasteiger partial charge in [-0.15, -0.1) is 0 Å². The standard InChI is InChI=1S/C14H20N4O3S/c1-10-6-13(7-10,21-2)11-4-3-5-16-12(11)14(22(15,19)20)8-17-18-9-14/h3-5,8,10,18H,6-7,9H2,1-2H3,(H2,15,19,20). The van der Waals surface area contributed by atoms with Crippen LogP contribution in [-0.2, 0) is 25.1 Å². The maximum atomic E-state index is 12.3. The number of ether oxygens (including phenoxy) is 1. The molecule has 1 aromatic heterocycles. The van der Waals surface area contributed by atoms with E-state index in [2.05, 4.69) is 22.4 Å². The summed E-state index contributed by atoms with van der Waals surface area (Å²) in [6, 6.07) is 3.66. The normalized spacial score (nSPS) is 34.2. The van der Waals surface area contributed by atoms with Crippen LogP contribution in [0.3, 0.4) is 0 Å². The lowest BCUT2D eigenvalue weighted by Crippen LogP contribution is -2.50. The SMILES string of the molecule is COC1(c2cccnc2C2(S(N)(=O)=O)C=NNC2)CC(C)C1. The first-order valence-electron chi connectivity index (χ1n) is 7.15. The van der Waals surface area contributed by atoms with Gasteiger partial charge in [0.25, 0.3) is 0 Å². The number of methoxy groups -OCH3 is 1. The largest absolute Gasteiger partial charge is 0.373 e. The maximum absolute atomic E-state index is 12.3. The second-order valence-electron chi connectivity index (χ2n) is 6.14. The molecule has 8 heteroatoms.